The third-order valence-electron chi connectivity index (χ3n) is 3.68. The molecule has 1 aliphatic heterocycles. The summed E-state index contributed by atoms with van der Waals surface area (Å²) in [5.74, 6) is -0.448. The minimum Gasteiger partial charge on any atom is -0.312 e. The van der Waals surface area contributed by atoms with Crippen molar-refractivity contribution in [2.45, 2.75) is 45.2 Å². The monoisotopic (exact) mass is 393 g/mol. The highest BCUT2D eigenvalue weighted by atomic mass is 127. The summed E-state index contributed by atoms with van der Waals surface area (Å²) < 4.78 is 13.9. The lowest BCUT2D eigenvalue weighted by molar-refractivity contribution is -0.384. The number of halogens is 2. The maximum atomic E-state index is 13.7. The molecule has 1 fully saturated rings. The van der Waals surface area contributed by atoms with E-state index in [0.29, 0.717) is 0 Å². The van der Waals surface area contributed by atoms with Gasteiger partial charge in [-0.25, -0.2) is 9.40 Å². The number of rotatable bonds is 3. The number of nitro benzene ring substituents is 1. The van der Waals surface area contributed by atoms with Crippen molar-refractivity contribution >= 4 is 34.0 Å². The van der Waals surface area contributed by atoms with Crippen LogP contribution in [0.5, 0.6) is 0 Å². The molecule has 1 aromatic carbocycles. The van der Waals surface area contributed by atoms with Gasteiger partial charge in [0.15, 0.2) is 0 Å². The molecule has 2 rings (SSSR count). The molecule has 1 aliphatic rings. The SMILES string of the molecule is CC1CCCC(C)N1Nc1cc(F)c(I)cc1[N+](=O)[O-]. The van der Waals surface area contributed by atoms with Gasteiger partial charge in [-0.05, 0) is 49.3 Å². The van der Waals surface area contributed by atoms with Crippen LogP contribution in [0.3, 0.4) is 0 Å². The summed E-state index contributed by atoms with van der Waals surface area (Å²) in [4.78, 5) is 10.6. The Kier molecular flexibility index (Phi) is 4.79. The van der Waals surface area contributed by atoms with E-state index in [1.165, 1.54) is 12.1 Å². The van der Waals surface area contributed by atoms with Crippen LogP contribution >= 0.6 is 22.6 Å². The number of piperidine rings is 1. The Morgan fingerprint density at radius 1 is 1.40 bits per heavy atom. The summed E-state index contributed by atoms with van der Waals surface area (Å²) in [6.07, 6.45) is 3.19. The number of benzene rings is 1. The van der Waals surface area contributed by atoms with Gasteiger partial charge < -0.3 is 5.43 Å². The van der Waals surface area contributed by atoms with Gasteiger partial charge in [-0.2, -0.15) is 0 Å². The van der Waals surface area contributed by atoms with E-state index in [1.807, 2.05) is 5.01 Å². The van der Waals surface area contributed by atoms with Crippen molar-refractivity contribution < 1.29 is 9.31 Å². The second kappa shape index (κ2) is 6.21. The van der Waals surface area contributed by atoms with Crippen molar-refractivity contribution in [3.05, 3.63) is 31.6 Å². The van der Waals surface area contributed by atoms with Crippen molar-refractivity contribution in [3.63, 3.8) is 0 Å². The first-order valence-electron chi connectivity index (χ1n) is 6.58. The highest BCUT2D eigenvalue weighted by Gasteiger charge is 2.27. The molecule has 110 valence electrons. The van der Waals surface area contributed by atoms with E-state index < -0.39 is 10.7 Å². The van der Waals surface area contributed by atoms with Crippen molar-refractivity contribution in [1.29, 1.82) is 0 Å². The first kappa shape index (κ1) is 15.4. The van der Waals surface area contributed by atoms with Gasteiger partial charge in [0.2, 0.25) is 0 Å². The van der Waals surface area contributed by atoms with Crippen LogP contribution in [-0.4, -0.2) is 22.0 Å². The van der Waals surface area contributed by atoms with Gasteiger partial charge in [-0.3, -0.25) is 10.1 Å². The van der Waals surface area contributed by atoms with Crippen LogP contribution in [0.25, 0.3) is 0 Å². The summed E-state index contributed by atoms with van der Waals surface area (Å²) in [5.41, 5.74) is 3.17. The number of nitrogens with zero attached hydrogens (tertiary/aromatic N) is 2. The molecule has 1 N–H and O–H groups in total. The third-order valence-corrected chi connectivity index (χ3v) is 4.51. The molecule has 0 aliphatic carbocycles. The average Bonchev–Trinajstić information content (AvgIpc) is 2.37. The maximum Gasteiger partial charge on any atom is 0.294 e. The lowest BCUT2D eigenvalue weighted by Crippen LogP contribution is -2.47. The Morgan fingerprint density at radius 3 is 2.55 bits per heavy atom. The molecule has 2 unspecified atom stereocenters. The van der Waals surface area contributed by atoms with Gasteiger partial charge in [0.1, 0.15) is 11.5 Å². The molecule has 0 bridgehead atoms. The number of nitro groups is 1. The molecular weight excluding hydrogens is 376 g/mol. The average molecular weight is 393 g/mol. The van der Waals surface area contributed by atoms with Crippen LogP contribution < -0.4 is 5.43 Å². The lowest BCUT2D eigenvalue weighted by atomic mass is 10.00. The second-order valence-corrected chi connectivity index (χ2v) is 6.35. The van der Waals surface area contributed by atoms with Gasteiger partial charge >= 0.3 is 0 Å². The van der Waals surface area contributed by atoms with E-state index in [4.69, 9.17) is 0 Å². The van der Waals surface area contributed by atoms with Crippen LogP contribution in [0.1, 0.15) is 33.1 Å². The standard InChI is InChI=1S/C13H17FIN3O2/c1-8-4-3-5-9(2)17(8)16-12-6-10(14)11(15)7-13(12)18(19)20/h6-9,16H,3-5H2,1-2H3. The summed E-state index contributed by atoms with van der Waals surface area (Å²) in [6.45, 7) is 4.13. The predicted molar refractivity (Wildman–Crippen MR) is 84.0 cm³/mol. The molecule has 1 aromatic rings. The Labute approximate surface area is 130 Å². The molecular formula is C13H17FIN3O2. The first-order chi connectivity index (χ1) is 9.40. The van der Waals surface area contributed by atoms with E-state index in [0.717, 1.165) is 19.3 Å². The van der Waals surface area contributed by atoms with Crippen LogP contribution in [0.4, 0.5) is 15.8 Å². The summed E-state index contributed by atoms with van der Waals surface area (Å²) in [7, 11) is 0. The molecule has 0 amide bonds. The molecule has 0 radical (unpaired) electrons. The fourth-order valence-corrected chi connectivity index (χ4v) is 3.01. The van der Waals surface area contributed by atoms with E-state index in [9.17, 15) is 14.5 Å². The molecule has 7 heteroatoms. The maximum absolute atomic E-state index is 13.7. The van der Waals surface area contributed by atoms with Gasteiger partial charge in [-0.1, -0.05) is 6.42 Å². The zero-order chi connectivity index (χ0) is 14.9. The number of anilines is 1. The van der Waals surface area contributed by atoms with Crippen LogP contribution in [0.2, 0.25) is 0 Å². The van der Waals surface area contributed by atoms with Gasteiger partial charge in [-0.15, -0.1) is 0 Å². The molecule has 20 heavy (non-hydrogen) atoms. The number of hydrogen-bond donors (Lipinski definition) is 1. The number of nitrogens with one attached hydrogen (secondary N) is 1. The Hall–Kier alpha value is -0.960. The highest BCUT2D eigenvalue weighted by molar-refractivity contribution is 14.1. The van der Waals surface area contributed by atoms with Crippen molar-refractivity contribution in [2.75, 3.05) is 5.43 Å². The van der Waals surface area contributed by atoms with E-state index in [1.54, 1.807) is 22.6 Å². The van der Waals surface area contributed by atoms with Crippen LogP contribution in [-0.2, 0) is 0 Å². The molecule has 5 nitrogen and oxygen atoms in total. The molecule has 1 saturated heterocycles. The molecule has 0 spiro atoms. The van der Waals surface area contributed by atoms with Gasteiger partial charge in [0.25, 0.3) is 5.69 Å². The van der Waals surface area contributed by atoms with E-state index in [-0.39, 0.29) is 27.0 Å². The quantitative estimate of drug-likeness (QED) is 0.481. The second-order valence-electron chi connectivity index (χ2n) is 5.19. The Balaban J connectivity index is 2.32. The van der Waals surface area contributed by atoms with Crippen LogP contribution in [0, 0.1) is 19.5 Å². The molecule has 1 heterocycles. The highest BCUT2D eigenvalue weighted by Crippen LogP contribution is 2.31. The fraction of sp³-hybridized carbons (Fsp3) is 0.538. The van der Waals surface area contributed by atoms with E-state index in [2.05, 4.69) is 19.3 Å². The third kappa shape index (κ3) is 3.20. The van der Waals surface area contributed by atoms with Crippen molar-refractivity contribution in [1.82, 2.24) is 5.01 Å². The number of hydrazine groups is 1. The van der Waals surface area contributed by atoms with E-state index >= 15 is 0 Å². The fourth-order valence-electron chi connectivity index (χ4n) is 2.56. The number of hydrogen-bond acceptors (Lipinski definition) is 4. The summed E-state index contributed by atoms with van der Waals surface area (Å²) in [5, 5.41) is 13.1. The van der Waals surface area contributed by atoms with Crippen LogP contribution in [0.15, 0.2) is 12.1 Å². The summed E-state index contributed by atoms with van der Waals surface area (Å²) in [6, 6.07) is 2.99. The van der Waals surface area contributed by atoms with Crippen molar-refractivity contribution in [3.8, 4) is 0 Å². The zero-order valence-corrected chi connectivity index (χ0v) is 13.6. The van der Waals surface area contributed by atoms with Crippen molar-refractivity contribution in [2.24, 2.45) is 0 Å². The normalized spacial score (nSPS) is 23.6. The van der Waals surface area contributed by atoms with Gasteiger partial charge in [0, 0.05) is 24.2 Å². The topological polar surface area (TPSA) is 58.4 Å². The van der Waals surface area contributed by atoms with Gasteiger partial charge in [0.05, 0.1) is 8.49 Å². The summed E-state index contributed by atoms with van der Waals surface area (Å²) >= 11 is 1.76. The molecule has 0 saturated carbocycles. The molecule has 0 aromatic heterocycles. The minimum absolute atomic E-state index is 0.0965. The zero-order valence-electron chi connectivity index (χ0n) is 11.4. The lowest BCUT2D eigenvalue weighted by Gasteiger charge is -2.39. The minimum atomic E-state index is -0.483. The largest absolute Gasteiger partial charge is 0.312 e. The smallest absolute Gasteiger partial charge is 0.294 e. The Morgan fingerprint density at radius 2 is 2.00 bits per heavy atom. The first-order valence-corrected chi connectivity index (χ1v) is 7.66. The predicted octanol–water partition coefficient (Wildman–Crippen LogP) is 3.93. The molecule has 2 atom stereocenters. The Bertz CT molecular complexity index is 517.